The van der Waals surface area contributed by atoms with Crippen molar-refractivity contribution in [3.8, 4) is 11.8 Å². The molecule has 2 aromatic rings. The molecule has 1 fully saturated rings. The predicted molar refractivity (Wildman–Crippen MR) is 106 cm³/mol. The van der Waals surface area contributed by atoms with Crippen LogP contribution >= 0.6 is 0 Å². The molecule has 0 unspecified atom stereocenters. The Morgan fingerprint density at radius 3 is 2.55 bits per heavy atom. The highest BCUT2D eigenvalue weighted by atomic mass is 16.6. The zero-order chi connectivity index (χ0) is 20.2. The van der Waals surface area contributed by atoms with Crippen LogP contribution in [0.5, 0.6) is 5.75 Å². The lowest BCUT2D eigenvalue weighted by Gasteiger charge is -2.15. The number of anilines is 1. The van der Waals surface area contributed by atoms with Gasteiger partial charge in [-0.05, 0) is 54.5 Å². The van der Waals surface area contributed by atoms with Crippen LogP contribution in [-0.2, 0) is 14.3 Å². The summed E-state index contributed by atoms with van der Waals surface area (Å²) in [5.74, 6) is 0.401. The zero-order valence-corrected chi connectivity index (χ0v) is 15.5. The van der Waals surface area contributed by atoms with Gasteiger partial charge in [-0.1, -0.05) is 12.1 Å². The van der Waals surface area contributed by atoms with Gasteiger partial charge in [-0.2, -0.15) is 5.26 Å². The fourth-order valence-corrected chi connectivity index (χ4v) is 3.17. The summed E-state index contributed by atoms with van der Waals surface area (Å²) >= 11 is 0. The number of aliphatic imine (C=N–C) groups is 1. The number of amides is 1. The summed E-state index contributed by atoms with van der Waals surface area (Å²) in [6.07, 6.45) is 3.07. The third-order valence-electron chi connectivity index (χ3n) is 4.61. The van der Waals surface area contributed by atoms with Crippen molar-refractivity contribution in [1.82, 2.24) is 0 Å². The molecule has 2 aromatic carbocycles. The second-order valence-corrected chi connectivity index (χ2v) is 6.55. The SMILES string of the molecule is N#CCOc1ccc(/C=C2\N=C(c3ccc(N4CCCC4=O)cc3)OC2=O)cc1. The highest BCUT2D eigenvalue weighted by molar-refractivity contribution is 6.13. The van der Waals surface area contributed by atoms with Gasteiger partial charge < -0.3 is 14.4 Å². The van der Waals surface area contributed by atoms with Crippen LogP contribution in [0.3, 0.4) is 0 Å². The Hall–Kier alpha value is -3.92. The molecule has 7 heteroatoms. The van der Waals surface area contributed by atoms with E-state index in [1.54, 1.807) is 47.4 Å². The molecule has 1 amide bonds. The fraction of sp³-hybridized carbons (Fsp3) is 0.182. The standard InChI is InChI=1S/C22H17N3O4/c23-11-13-28-18-9-3-15(4-10-18)14-19-22(27)29-21(24-19)16-5-7-17(8-6-16)25-12-1-2-20(25)26/h3-10,14H,1-2,12-13H2/b19-14-. The minimum absolute atomic E-state index is 0.0227. The van der Waals surface area contributed by atoms with Crippen LogP contribution in [0, 0.1) is 11.3 Å². The van der Waals surface area contributed by atoms with E-state index in [9.17, 15) is 9.59 Å². The van der Waals surface area contributed by atoms with E-state index in [1.165, 1.54) is 0 Å². The Morgan fingerprint density at radius 1 is 1.14 bits per heavy atom. The topological polar surface area (TPSA) is 92.0 Å². The maximum Gasteiger partial charge on any atom is 0.363 e. The van der Waals surface area contributed by atoms with Crippen LogP contribution < -0.4 is 9.64 Å². The second kappa shape index (κ2) is 7.98. The van der Waals surface area contributed by atoms with Crippen molar-refractivity contribution < 1.29 is 19.1 Å². The first kappa shape index (κ1) is 18.4. The monoisotopic (exact) mass is 387 g/mol. The average molecular weight is 387 g/mol. The second-order valence-electron chi connectivity index (χ2n) is 6.55. The number of esters is 1. The molecule has 0 atom stereocenters. The summed E-state index contributed by atoms with van der Waals surface area (Å²) in [6.45, 7) is 0.701. The van der Waals surface area contributed by atoms with Gasteiger partial charge in [-0.25, -0.2) is 9.79 Å². The van der Waals surface area contributed by atoms with Gasteiger partial charge in [0, 0.05) is 24.2 Å². The molecule has 1 saturated heterocycles. The molecule has 2 aliphatic rings. The minimum atomic E-state index is -0.524. The molecule has 144 valence electrons. The van der Waals surface area contributed by atoms with Crippen LogP contribution in [0.1, 0.15) is 24.0 Å². The summed E-state index contributed by atoms with van der Waals surface area (Å²) in [6, 6.07) is 16.1. The number of nitriles is 1. The molecule has 2 aliphatic heterocycles. The van der Waals surface area contributed by atoms with Gasteiger partial charge in [0.1, 0.15) is 11.8 Å². The van der Waals surface area contributed by atoms with Crippen molar-refractivity contribution in [2.75, 3.05) is 18.1 Å². The lowest BCUT2D eigenvalue weighted by Crippen LogP contribution is -2.23. The third-order valence-corrected chi connectivity index (χ3v) is 4.61. The number of carbonyl (C=O) groups excluding carboxylic acids is 2. The van der Waals surface area contributed by atoms with E-state index in [0.717, 1.165) is 24.2 Å². The highest BCUT2D eigenvalue weighted by Gasteiger charge is 2.25. The summed E-state index contributed by atoms with van der Waals surface area (Å²) in [5.41, 5.74) is 2.45. The number of rotatable bonds is 5. The molecular formula is C22H17N3O4. The van der Waals surface area contributed by atoms with E-state index in [4.69, 9.17) is 14.7 Å². The lowest BCUT2D eigenvalue weighted by atomic mass is 10.2. The Bertz CT molecular complexity index is 1050. The van der Waals surface area contributed by atoms with Crippen molar-refractivity contribution in [3.63, 3.8) is 0 Å². The molecule has 0 bridgehead atoms. The summed E-state index contributed by atoms with van der Waals surface area (Å²) in [4.78, 5) is 30.1. The quantitative estimate of drug-likeness (QED) is 0.581. The molecule has 0 N–H and O–H groups in total. The Morgan fingerprint density at radius 2 is 1.90 bits per heavy atom. The first-order chi connectivity index (χ1) is 14.1. The Labute approximate surface area is 167 Å². The maximum atomic E-state index is 12.2. The normalized spacial score (nSPS) is 17.3. The number of ether oxygens (including phenoxy) is 2. The van der Waals surface area contributed by atoms with E-state index in [2.05, 4.69) is 4.99 Å². The largest absolute Gasteiger partial charge is 0.479 e. The number of carbonyl (C=O) groups is 2. The summed E-state index contributed by atoms with van der Waals surface area (Å²) in [7, 11) is 0. The molecule has 2 heterocycles. The number of benzene rings is 2. The third kappa shape index (κ3) is 4.01. The summed E-state index contributed by atoms with van der Waals surface area (Å²) < 4.78 is 10.5. The molecule has 0 radical (unpaired) electrons. The first-order valence-corrected chi connectivity index (χ1v) is 9.17. The van der Waals surface area contributed by atoms with Crippen molar-refractivity contribution >= 4 is 29.5 Å². The van der Waals surface area contributed by atoms with Gasteiger partial charge >= 0.3 is 5.97 Å². The van der Waals surface area contributed by atoms with Gasteiger partial charge in [-0.3, -0.25) is 4.79 Å². The van der Waals surface area contributed by atoms with Crippen molar-refractivity contribution in [3.05, 3.63) is 65.4 Å². The van der Waals surface area contributed by atoms with Crippen LogP contribution in [0.25, 0.3) is 6.08 Å². The van der Waals surface area contributed by atoms with E-state index < -0.39 is 5.97 Å². The van der Waals surface area contributed by atoms with E-state index in [0.29, 0.717) is 17.7 Å². The Balaban J connectivity index is 1.50. The average Bonchev–Trinajstić information content (AvgIpc) is 3.33. The zero-order valence-electron chi connectivity index (χ0n) is 15.5. The Kier molecular flexibility index (Phi) is 5.08. The van der Waals surface area contributed by atoms with E-state index in [1.807, 2.05) is 18.2 Å². The van der Waals surface area contributed by atoms with Crippen molar-refractivity contribution in [1.29, 1.82) is 5.26 Å². The minimum Gasteiger partial charge on any atom is -0.479 e. The number of hydrogen-bond acceptors (Lipinski definition) is 6. The molecule has 0 spiro atoms. The van der Waals surface area contributed by atoms with Gasteiger partial charge in [0.2, 0.25) is 11.8 Å². The van der Waals surface area contributed by atoms with E-state index >= 15 is 0 Å². The van der Waals surface area contributed by atoms with Gasteiger partial charge in [-0.15, -0.1) is 0 Å². The lowest BCUT2D eigenvalue weighted by molar-refractivity contribution is -0.130. The van der Waals surface area contributed by atoms with Gasteiger partial charge in [0.05, 0.1) is 0 Å². The van der Waals surface area contributed by atoms with Crippen LogP contribution in [-0.4, -0.2) is 30.9 Å². The molecule has 4 rings (SSSR count). The molecule has 0 saturated carbocycles. The van der Waals surface area contributed by atoms with Crippen LogP contribution in [0.15, 0.2) is 59.2 Å². The number of hydrogen-bond donors (Lipinski definition) is 0. The molecule has 0 aromatic heterocycles. The fourth-order valence-electron chi connectivity index (χ4n) is 3.17. The molecule has 0 aliphatic carbocycles. The van der Waals surface area contributed by atoms with Crippen molar-refractivity contribution in [2.45, 2.75) is 12.8 Å². The van der Waals surface area contributed by atoms with E-state index in [-0.39, 0.29) is 24.1 Å². The highest BCUT2D eigenvalue weighted by Crippen LogP contribution is 2.24. The molecule has 29 heavy (non-hydrogen) atoms. The summed E-state index contributed by atoms with van der Waals surface area (Å²) in [5, 5.41) is 8.53. The number of nitrogens with zero attached hydrogens (tertiary/aromatic N) is 3. The predicted octanol–water partition coefficient (Wildman–Crippen LogP) is 3.06. The van der Waals surface area contributed by atoms with Crippen LogP contribution in [0.2, 0.25) is 0 Å². The molecular weight excluding hydrogens is 370 g/mol. The van der Waals surface area contributed by atoms with Crippen molar-refractivity contribution in [2.24, 2.45) is 4.99 Å². The van der Waals surface area contributed by atoms with Gasteiger partial charge in [0.25, 0.3) is 0 Å². The smallest absolute Gasteiger partial charge is 0.363 e. The van der Waals surface area contributed by atoms with Gasteiger partial charge in [0.15, 0.2) is 12.3 Å². The molecule has 7 nitrogen and oxygen atoms in total. The number of cyclic esters (lactones) is 1. The van der Waals surface area contributed by atoms with Crippen LogP contribution in [0.4, 0.5) is 5.69 Å². The first-order valence-electron chi connectivity index (χ1n) is 9.17. The maximum absolute atomic E-state index is 12.2.